The quantitative estimate of drug-likeness (QED) is 0.765. The molecule has 0 bridgehead atoms. The van der Waals surface area contributed by atoms with Gasteiger partial charge in [0, 0.05) is 12.1 Å². The highest BCUT2D eigenvalue weighted by atomic mass is 32.2. The summed E-state index contributed by atoms with van der Waals surface area (Å²) in [5.41, 5.74) is 0.233. The van der Waals surface area contributed by atoms with Crippen LogP contribution >= 0.6 is 0 Å². The van der Waals surface area contributed by atoms with E-state index in [2.05, 4.69) is 5.32 Å². The average molecular weight is 370 g/mol. The molecule has 0 radical (unpaired) electrons. The van der Waals surface area contributed by atoms with Crippen molar-refractivity contribution in [2.45, 2.75) is 25.4 Å². The highest BCUT2D eigenvalue weighted by molar-refractivity contribution is 7.91. The maximum Gasteiger partial charge on any atom is 0.234 e. The number of hydrogen-bond donors (Lipinski definition) is 1. The van der Waals surface area contributed by atoms with Gasteiger partial charge in [-0.15, -0.1) is 0 Å². The Morgan fingerprint density at radius 2 is 2.04 bits per heavy atom. The largest absolute Gasteiger partial charge is 0.493 e. The van der Waals surface area contributed by atoms with Crippen molar-refractivity contribution in [3.63, 3.8) is 0 Å². The number of amides is 1. The predicted octanol–water partition coefficient (Wildman–Crippen LogP) is 0.829. The number of carbonyl (C=O) groups is 1. The van der Waals surface area contributed by atoms with Crippen LogP contribution < -0.4 is 14.8 Å². The van der Waals surface area contributed by atoms with Crippen molar-refractivity contribution in [3.8, 4) is 11.5 Å². The number of nitrogens with one attached hydrogen (secondary N) is 1. The van der Waals surface area contributed by atoms with Crippen molar-refractivity contribution in [2.24, 2.45) is 0 Å². The first kappa shape index (κ1) is 19.5. The molecule has 1 aliphatic rings. The standard InChI is InChI=1S/C17H26N2O5S/c1-17(8-9-25(21,22)12-17)18-15(20)11-19(2)10-13-6-5-7-14(23-3)16(13)24-4/h5-7H,8-12H2,1-4H3,(H,18,20)/t17-/m1/s1. The van der Waals surface area contributed by atoms with Gasteiger partial charge < -0.3 is 14.8 Å². The van der Waals surface area contributed by atoms with E-state index in [1.54, 1.807) is 21.1 Å². The van der Waals surface area contributed by atoms with Gasteiger partial charge in [0.25, 0.3) is 0 Å². The fraction of sp³-hybridized carbons (Fsp3) is 0.588. The number of nitrogens with zero attached hydrogens (tertiary/aromatic N) is 1. The third-order valence-corrected chi connectivity index (χ3v) is 6.19. The van der Waals surface area contributed by atoms with Crippen LogP contribution in [0.3, 0.4) is 0 Å². The van der Waals surface area contributed by atoms with E-state index in [1.165, 1.54) is 0 Å². The van der Waals surface area contributed by atoms with Gasteiger partial charge in [-0.3, -0.25) is 9.69 Å². The fourth-order valence-electron chi connectivity index (χ4n) is 3.16. The third kappa shape index (κ3) is 5.09. The Labute approximate surface area is 149 Å². The van der Waals surface area contributed by atoms with Crippen molar-refractivity contribution in [1.82, 2.24) is 10.2 Å². The molecule has 0 aliphatic carbocycles. The summed E-state index contributed by atoms with van der Waals surface area (Å²) in [6.07, 6.45) is 0.453. The molecule has 0 spiro atoms. The Kier molecular flexibility index (Phi) is 5.95. The number of hydrogen-bond acceptors (Lipinski definition) is 6. The molecule has 1 saturated heterocycles. The molecule has 7 nitrogen and oxygen atoms in total. The minimum absolute atomic E-state index is 0.000832. The van der Waals surface area contributed by atoms with E-state index in [4.69, 9.17) is 9.47 Å². The minimum Gasteiger partial charge on any atom is -0.493 e. The predicted molar refractivity (Wildman–Crippen MR) is 95.7 cm³/mol. The lowest BCUT2D eigenvalue weighted by atomic mass is 10.0. The number of rotatable bonds is 7. The second kappa shape index (κ2) is 7.61. The highest BCUT2D eigenvalue weighted by Gasteiger charge is 2.39. The molecule has 1 fully saturated rings. The number of ether oxygens (including phenoxy) is 2. The zero-order chi connectivity index (χ0) is 18.7. The van der Waals surface area contributed by atoms with Crippen molar-refractivity contribution < 1.29 is 22.7 Å². The molecule has 1 aromatic carbocycles. The average Bonchev–Trinajstić information content (AvgIpc) is 2.79. The summed E-state index contributed by atoms with van der Waals surface area (Å²) in [6, 6.07) is 5.60. The molecule has 1 heterocycles. The zero-order valence-corrected chi connectivity index (χ0v) is 16.0. The molecule has 0 aromatic heterocycles. The smallest absolute Gasteiger partial charge is 0.234 e. The third-order valence-electron chi connectivity index (χ3n) is 4.28. The van der Waals surface area contributed by atoms with Crippen LogP contribution in [0.25, 0.3) is 0 Å². The topological polar surface area (TPSA) is 84.9 Å². The van der Waals surface area contributed by atoms with Gasteiger partial charge >= 0.3 is 0 Å². The van der Waals surface area contributed by atoms with Crippen LogP contribution in [0, 0.1) is 0 Å². The van der Waals surface area contributed by atoms with Crippen molar-refractivity contribution in [3.05, 3.63) is 23.8 Å². The molecule has 1 N–H and O–H groups in total. The minimum atomic E-state index is -3.05. The molecule has 25 heavy (non-hydrogen) atoms. The molecular formula is C17H26N2O5S. The SMILES string of the molecule is COc1cccc(CN(C)CC(=O)N[C@]2(C)CCS(=O)(=O)C2)c1OC. The van der Waals surface area contributed by atoms with E-state index in [0.29, 0.717) is 24.5 Å². The Morgan fingerprint density at radius 3 is 2.60 bits per heavy atom. The lowest BCUT2D eigenvalue weighted by Crippen LogP contribution is -2.49. The normalized spacial score (nSPS) is 22.0. The maximum atomic E-state index is 12.3. The molecule has 2 rings (SSSR count). The maximum absolute atomic E-state index is 12.3. The van der Waals surface area contributed by atoms with Crippen molar-refractivity contribution >= 4 is 15.7 Å². The second-order valence-corrected chi connectivity index (χ2v) is 8.96. The van der Waals surface area contributed by atoms with E-state index in [1.807, 2.05) is 30.1 Å². The first-order valence-corrected chi connectivity index (χ1v) is 9.90. The molecule has 0 saturated carbocycles. The molecule has 140 valence electrons. The molecule has 1 aromatic rings. The summed E-state index contributed by atoms with van der Waals surface area (Å²) in [6.45, 7) is 2.44. The summed E-state index contributed by atoms with van der Waals surface area (Å²) < 4.78 is 34.0. The molecule has 1 amide bonds. The van der Waals surface area contributed by atoms with E-state index in [-0.39, 0.29) is 24.0 Å². The van der Waals surface area contributed by atoms with Crippen LogP contribution in [0.4, 0.5) is 0 Å². The molecule has 1 aliphatic heterocycles. The molecule has 1 atom stereocenters. The van der Waals surface area contributed by atoms with E-state index >= 15 is 0 Å². The number of sulfone groups is 1. The summed E-state index contributed by atoms with van der Waals surface area (Å²) in [7, 11) is 1.93. The molecule has 8 heteroatoms. The Hall–Kier alpha value is -1.80. The summed E-state index contributed by atoms with van der Waals surface area (Å²) in [4.78, 5) is 14.1. The highest BCUT2D eigenvalue weighted by Crippen LogP contribution is 2.31. The number of carbonyl (C=O) groups excluding carboxylic acids is 1. The van der Waals surface area contributed by atoms with Crippen LogP contribution in [-0.2, 0) is 21.2 Å². The van der Waals surface area contributed by atoms with Gasteiger partial charge in [0.15, 0.2) is 21.3 Å². The van der Waals surface area contributed by atoms with E-state index in [0.717, 1.165) is 5.56 Å². The molecule has 0 unspecified atom stereocenters. The zero-order valence-electron chi connectivity index (χ0n) is 15.2. The second-order valence-electron chi connectivity index (χ2n) is 6.78. The summed E-state index contributed by atoms with van der Waals surface area (Å²) >= 11 is 0. The van der Waals surface area contributed by atoms with Crippen LogP contribution in [0.15, 0.2) is 18.2 Å². The van der Waals surface area contributed by atoms with Gasteiger partial charge in [-0.1, -0.05) is 12.1 Å². The van der Waals surface area contributed by atoms with Crippen LogP contribution in [0.2, 0.25) is 0 Å². The molecular weight excluding hydrogens is 344 g/mol. The van der Waals surface area contributed by atoms with Crippen molar-refractivity contribution in [1.29, 1.82) is 0 Å². The van der Waals surface area contributed by atoms with Gasteiger partial charge in [0.05, 0.1) is 37.8 Å². The Morgan fingerprint density at radius 1 is 1.32 bits per heavy atom. The van der Waals surface area contributed by atoms with Crippen molar-refractivity contribution in [2.75, 3.05) is 39.3 Å². The Bertz CT molecular complexity index is 735. The Balaban J connectivity index is 1.96. The number of likely N-dealkylation sites (N-methyl/N-ethyl adjacent to an activating group) is 1. The number of para-hydroxylation sites is 1. The summed E-state index contributed by atoms with van der Waals surface area (Å²) in [5, 5.41) is 2.86. The lowest BCUT2D eigenvalue weighted by Gasteiger charge is -2.26. The number of benzene rings is 1. The first-order chi connectivity index (χ1) is 11.7. The van der Waals surface area contributed by atoms with Crippen LogP contribution in [0.5, 0.6) is 11.5 Å². The van der Waals surface area contributed by atoms with Gasteiger partial charge in [0.1, 0.15) is 0 Å². The van der Waals surface area contributed by atoms with Gasteiger partial charge in [-0.2, -0.15) is 0 Å². The van der Waals surface area contributed by atoms with E-state index < -0.39 is 15.4 Å². The van der Waals surface area contributed by atoms with E-state index in [9.17, 15) is 13.2 Å². The lowest BCUT2D eigenvalue weighted by molar-refractivity contribution is -0.123. The van der Waals surface area contributed by atoms with Crippen LogP contribution in [-0.4, -0.2) is 64.1 Å². The van der Waals surface area contributed by atoms with Gasteiger partial charge in [0.2, 0.25) is 5.91 Å². The number of methoxy groups -OCH3 is 2. The summed E-state index contributed by atoms with van der Waals surface area (Å²) in [5.74, 6) is 1.22. The first-order valence-electron chi connectivity index (χ1n) is 8.08. The monoisotopic (exact) mass is 370 g/mol. The van der Waals surface area contributed by atoms with Gasteiger partial charge in [-0.05, 0) is 26.5 Å². The van der Waals surface area contributed by atoms with Gasteiger partial charge in [-0.25, -0.2) is 8.42 Å². The fourth-order valence-corrected chi connectivity index (χ4v) is 5.25. The van der Waals surface area contributed by atoms with Crippen LogP contribution in [0.1, 0.15) is 18.9 Å².